The lowest BCUT2D eigenvalue weighted by molar-refractivity contribution is 0.273. The quantitative estimate of drug-likeness (QED) is 0.272. The summed E-state index contributed by atoms with van der Waals surface area (Å²) in [5, 5.41) is 4.90. The summed E-state index contributed by atoms with van der Waals surface area (Å²) in [5.41, 5.74) is 1.50. The van der Waals surface area contributed by atoms with Crippen molar-refractivity contribution in [1.82, 2.24) is 0 Å². The van der Waals surface area contributed by atoms with Crippen LogP contribution in [0.5, 0.6) is 11.5 Å². The van der Waals surface area contributed by atoms with Crippen molar-refractivity contribution in [2.75, 3.05) is 13.2 Å². The molecule has 0 radical (unpaired) electrons. The molecule has 1 aliphatic carbocycles. The first-order valence-electron chi connectivity index (χ1n) is 14.4. The maximum absolute atomic E-state index is 6.66. The minimum Gasteiger partial charge on any atom is -0.492 e. The zero-order chi connectivity index (χ0) is 25.4. The van der Waals surface area contributed by atoms with Gasteiger partial charge in [-0.05, 0) is 61.0 Å². The lowest BCUT2D eigenvalue weighted by atomic mass is 9.81. The van der Waals surface area contributed by atoms with E-state index < -0.39 is 0 Å². The van der Waals surface area contributed by atoms with E-state index in [4.69, 9.17) is 9.47 Å². The van der Waals surface area contributed by atoms with Crippen molar-refractivity contribution < 1.29 is 9.47 Å². The fourth-order valence-electron chi connectivity index (χ4n) is 5.26. The highest BCUT2D eigenvalue weighted by atomic mass is 16.5. The van der Waals surface area contributed by atoms with Gasteiger partial charge in [0.05, 0.1) is 13.2 Å². The SMILES string of the molecule is CCCC(C)CCOc1c2c(c(OCCC(C)CCC)c3cc(C(C)(C)CC)ccc13)=CCCC=2. The van der Waals surface area contributed by atoms with Crippen LogP contribution in [0.3, 0.4) is 0 Å². The van der Waals surface area contributed by atoms with Crippen molar-refractivity contribution in [3.8, 4) is 11.5 Å². The number of benzene rings is 2. The van der Waals surface area contributed by atoms with Crippen LogP contribution in [0.25, 0.3) is 22.9 Å². The molecular weight excluding hydrogens is 428 g/mol. The Balaban J connectivity index is 2.09. The van der Waals surface area contributed by atoms with Crippen LogP contribution < -0.4 is 19.9 Å². The number of fused-ring (bicyclic) bond motifs is 2. The Morgan fingerprint density at radius 3 is 1.74 bits per heavy atom. The lowest BCUT2D eigenvalue weighted by Gasteiger charge is -2.25. The average molecular weight is 479 g/mol. The molecule has 2 nitrogen and oxygen atoms in total. The predicted molar refractivity (Wildman–Crippen MR) is 153 cm³/mol. The summed E-state index contributed by atoms with van der Waals surface area (Å²) in [5.74, 6) is 3.51. The van der Waals surface area contributed by atoms with E-state index in [-0.39, 0.29) is 5.41 Å². The molecule has 194 valence electrons. The van der Waals surface area contributed by atoms with Crippen molar-refractivity contribution >= 4 is 22.9 Å². The molecule has 0 N–H and O–H groups in total. The second-order valence-corrected chi connectivity index (χ2v) is 11.5. The van der Waals surface area contributed by atoms with Crippen LogP contribution in [-0.2, 0) is 5.41 Å². The van der Waals surface area contributed by atoms with Gasteiger partial charge in [0.1, 0.15) is 11.5 Å². The second-order valence-electron chi connectivity index (χ2n) is 11.5. The van der Waals surface area contributed by atoms with Gasteiger partial charge in [-0.3, -0.25) is 0 Å². The molecule has 2 heteroatoms. The van der Waals surface area contributed by atoms with E-state index >= 15 is 0 Å². The van der Waals surface area contributed by atoms with Crippen molar-refractivity contribution in [2.45, 2.75) is 112 Å². The molecule has 0 heterocycles. The fourth-order valence-corrected chi connectivity index (χ4v) is 5.26. The highest BCUT2D eigenvalue weighted by Crippen LogP contribution is 2.35. The third-order valence-corrected chi connectivity index (χ3v) is 8.09. The number of hydrogen-bond acceptors (Lipinski definition) is 2. The second kappa shape index (κ2) is 12.8. The lowest BCUT2D eigenvalue weighted by Crippen LogP contribution is -2.32. The summed E-state index contributed by atoms with van der Waals surface area (Å²) >= 11 is 0. The van der Waals surface area contributed by atoms with Gasteiger partial charge in [0, 0.05) is 21.2 Å². The minimum atomic E-state index is 0.128. The van der Waals surface area contributed by atoms with Gasteiger partial charge < -0.3 is 9.47 Å². The molecule has 0 spiro atoms. The van der Waals surface area contributed by atoms with Gasteiger partial charge in [-0.15, -0.1) is 0 Å². The van der Waals surface area contributed by atoms with E-state index in [0.29, 0.717) is 11.8 Å². The van der Waals surface area contributed by atoms with Crippen LogP contribution in [0.4, 0.5) is 0 Å². The van der Waals surface area contributed by atoms with E-state index in [9.17, 15) is 0 Å². The molecule has 2 aromatic carbocycles. The van der Waals surface area contributed by atoms with Crippen LogP contribution in [0, 0.1) is 11.8 Å². The Morgan fingerprint density at radius 2 is 1.26 bits per heavy atom. The van der Waals surface area contributed by atoms with Crippen LogP contribution in [0.1, 0.15) is 112 Å². The number of ether oxygens (including phenoxy) is 2. The molecular formula is C33H50O2. The molecule has 2 aromatic rings. The molecule has 0 amide bonds. The third-order valence-electron chi connectivity index (χ3n) is 8.09. The first kappa shape index (κ1) is 27.6. The van der Waals surface area contributed by atoms with E-state index in [1.807, 2.05) is 0 Å². The average Bonchev–Trinajstić information content (AvgIpc) is 2.85. The summed E-state index contributed by atoms with van der Waals surface area (Å²) in [7, 11) is 0. The summed E-state index contributed by atoms with van der Waals surface area (Å²) in [6.45, 7) is 17.7. The van der Waals surface area contributed by atoms with Crippen LogP contribution >= 0.6 is 0 Å². The van der Waals surface area contributed by atoms with E-state index in [1.54, 1.807) is 0 Å². The van der Waals surface area contributed by atoms with E-state index in [2.05, 4.69) is 78.8 Å². The highest BCUT2D eigenvalue weighted by molar-refractivity contribution is 5.95. The number of rotatable bonds is 14. The van der Waals surface area contributed by atoms with Crippen LogP contribution in [0.2, 0.25) is 0 Å². The first-order chi connectivity index (χ1) is 16.8. The van der Waals surface area contributed by atoms with Gasteiger partial charge in [0.15, 0.2) is 0 Å². The molecule has 0 aliphatic heterocycles. The monoisotopic (exact) mass is 478 g/mol. The molecule has 0 aromatic heterocycles. The van der Waals surface area contributed by atoms with E-state index in [0.717, 1.165) is 56.8 Å². The summed E-state index contributed by atoms with van der Waals surface area (Å²) in [4.78, 5) is 0. The summed E-state index contributed by atoms with van der Waals surface area (Å²) in [6.07, 6.45) is 15.2. The molecule has 1 aliphatic rings. The van der Waals surface area contributed by atoms with E-state index in [1.165, 1.54) is 52.5 Å². The maximum atomic E-state index is 6.66. The molecule has 0 saturated heterocycles. The topological polar surface area (TPSA) is 18.5 Å². The van der Waals surface area contributed by atoms with Gasteiger partial charge in [0.25, 0.3) is 0 Å². The van der Waals surface area contributed by atoms with Crippen LogP contribution in [0.15, 0.2) is 18.2 Å². The Hall–Kier alpha value is -1.96. The largest absolute Gasteiger partial charge is 0.492 e. The van der Waals surface area contributed by atoms with Crippen molar-refractivity contribution in [3.05, 3.63) is 34.2 Å². The van der Waals surface area contributed by atoms with Gasteiger partial charge in [-0.2, -0.15) is 0 Å². The Bertz CT molecular complexity index is 1080. The highest BCUT2D eigenvalue weighted by Gasteiger charge is 2.22. The number of hydrogen-bond donors (Lipinski definition) is 0. The summed E-state index contributed by atoms with van der Waals surface area (Å²) in [6, 6.07) is 6.99. The standard InChI is InChI=1S/C33H50O2/c1-8-13-24(4)19-21-34-31-27-15-11-12-16-28(27)32(35-22-20-25(5)14-9-2)30-23-26(17-18-29(30)31)33(6,7)10-3/h15-18,23-25H,8-14,19-22H2,1-7H3. The Labute approximate surface area is 214 Å². The van der Waals surface area contributed by atoms with Gasteiger partial charge in [-0.25, -0.2) is 0 Å². The Kier molecular flexibility index (Phi) is 10.1. The van der Waals surface area contributed by atoms with Crippen molar-refractivity contribution in [2.24, 2.45) is 11.8 Å². The van der Waals surface area contributed by atoms with Gasteiger partial charge in [-0.1, -0.05) is 98.4 Å². The fraction of sp³-hybridized carbons (Fsp3) is 0.636. The van der Waals surface area contributed by atoms with Crippen LogP contribution in [-0.4, -0.2) is 13.2 Å². The zero-order valence-electron chi connectivity index (χ0n) is 23.6. The molecule has 0 fully saturated rings. The van der Waals surface area contributed by atoms with Gasteiger partial charge in [0.2, 0.25) is 0 Å². The van der Waals surface area contributed by atoms with Crippen molar-refractivity contribution in [3.63, 3.8) is 0 Å². The molecule has 3 rings (SSSR count). The summed E-state index contributed by atoms with van der Waals surface area (Å²) < 4.78 is 13.3. The first-order valence-corrected chi connectivity index (χ1v) is 14.4. The molecule has 35 heavy (non-hydrogen) atoms. The smallest absolute Gasteiger partial charge is 0.134 e. The van der Waals surface area contributed by atoms with Gasteiger partial charge >= 0.3 is 0 Å². The predicted octanol–water partition coefficient (Wildman–Crippen LogP) is 8.29. The molecule has 2 atom stereocenters. The molecule has 0 bridgehead atoms. The maximum Gasteiger partial charge on any atom is 0.134 e. The normalized spacial score (nSPS) is 15.2. The molecule has 0 saturated carbocycles. The zero-order valence-corrected chi connectivity index (χ0v) is 23.6. The molecule has 2 unspecified atom stereocenters. The third kappa shape index (κ3) is 6.83. The van der Waals surface area contributed by atoms with Crippen molar-refractivity contribution in [1.29, 1.82) is 0 Å². The minimum absolute atomic E-state index is 0.128. The Morgan fingerprint density at radius 1 is 0.743 bits per heavy atom.